The van der Waals surface area contributed by atoms with Crippen molar-refractivity contribution >= 4 is 14.0 Å². The van der Waals surface area contributed by atoms with Gasteiger partial charge >= 0.3 is 19.7 Å². The first-order valence-corrected chi connectivity index (χ1v) is 10.3. The predicted octanol–water partition coefficient (Wildman–Crippen LogP) is 0.764. The SMILES string of the molecule is O=C1O[C@H]2[C@H](n3ccc(=O)[nH]c3=O)O[C@](F)(COP3(=O)OCc4ncccc4O3)[C@H]2O1. The monoisotopic (exact) mass is 457 g/mol. The van der Waals surface area contributed by atoms with E-state index >= 15 is 4.39 Å². The van der Waals surface area contributed by atoms with Gasteiger partial charge in [-0.3, -0.25) is 28.4 Å². The molecular formula is C16H13FN3O10P. The minimum atomic E-state index is -4.26. The summed E-state index contributed by atoms with van der Waals surface area (Å²) in [5, 5.41) is 0. The third kappa shape index (κ3) is 3.43. The van der Waals surface area contributed by atoms with Crippen LogP contribution in [0, 0.1) is 0 Å². The Bertz CT molecular complexity index is 1220. The topological polar surface area (TPSA) is 157 Å². The Balaban J connectivity index is 1.39. The molecule has 3 aliphatic heterocycles. The van der Waals surface area contributed by atoms with Gasteiger partial charge in [0.15, 0.2) is 18.1 Å². The fourth-order valence-corrected chi connectivity index (χ4v) is 4.54. The zero-order valence-corrected chi connectivity index (χ0v) is 16.2. The number of carbonyl (C=O) groups is 1. The fourth-order valence-electron chi connectivity index (χ4n) is 3.34. The van der Waals surface area contributed by atoms with E-state index in [0.29, 0.717) is 5.69 Å². The number of hydrogen-bond donors (Lipinski definition) is 1. The number of halogens is 1. The molecule has 0 amide bonds. The number of H-pyrrole nitrogens is 1. The molecule has 2 fully saturated rings. The summed E-state index contributed by atoms with van der Waals surface area (Å²) >= 11 is 0. The maximum Gasteiger partial charge on any atom is 0.530 e. The van der Waals surface area contributed by atoms with Gasteiger partial charge in [0.05, 0.1) is 0 Å². The lowest BCUT2D eigenvalue weighted by Gasteiger charge is -2.28. The lowest BCUT2D eigenvalue weighted by molar-refractivity contribution is -0.209. The molecule has 0 bridgehead atoms. The highest BCUT2D eigenvalue weighted by molar-refractivity contribution is 7.49. The van der Waals surface area contributed by atoms with Crippen LogP contribution in [0.2, 0.25) is 0 Å². The van der Waals surface area contributed by atoms with E-state index in [1.165, 1.54) is 18.3 Å². The van der Waals surface area contributed by atoms with Crippen LogP contribution in [0.5, 0.6) is 5.75 Å². The fraction of sp³-hybridized carbons (Fsp3) is 0.375. The summed E-state index contributed by atoms with van der Waals surface area (Å²) in [6.07, 6.45) is -3.20. The molecule has 1 N–H and O–H groups in total. The molecule has 13 nitrogen and oxygen atoms in total. The summed E-state index contributed by atoms with van der Waals surface area (Å²) in [6, 6.07) is 4.02. The third-order valence-electron chi connectivity index (χ3n) is 4.74. The molecular weight excluding hydrogens is 444 g/mol. The number of hydrogen-bond acceptors (Lipinski definition) is 11. The van der Waals surface area contributed by atoms with Gasteiger partial charge in [0.1, 0.15) is 18.9 Å². The normalized spacial score (nSPS) is 33.7. The zero-order chi connectivity index (χ0) is 21.8. The Kier molecular flexibility index (Phi) is 4.48. The van der Waals surface area contributed by atoms with Crippen molar-refractivity contribution in [3.63, 3.8) is 0 Å². The van der Waals surface area contributed by atoms with Gasteiger partial charge in [0.25, 0.3) is 11.4 Å². The number of fused-ring (bicyclic) bond motifs is 2. The summed E-state index contributed by atoms with van der Waals surface area (Å²) in [6.45, 7) is -1.25. The van der Waals surface area contributed by atoms with E-state index < -0.39 is 56.1 Å². The Morgan fingerprint density at radius 2 is 2.16 bits per heavy atom. The van der Waals surface area contributed by atoms with Crippen LogP contribution in [0.15, 0.2) is 40.2 Å². The van der Waals surface area contributed by atoms with Crippen molar-refractivity contribution in [2.24, 2.45) is 0 Å². The number of carbonyl (C=O) groups excluding carboxylic acids is 1. The van der Waals surface area contributed by atoms with E-state index in [2.05, 4.69) is 4.98 Å². The molecule has 1 unspecified atom stereocenters. The molecule has 0 saturated carbocycles. The molecule has 3 aliphatic rings. The van der Waals surface area contributed by atoms with Gasteiger partial charge in [-0.15, -0.1) is 0 Å². The van der Waals surface area contributed by atoms with Crippen molar-refractivity contribution in [2.45, 2.75) is 30.9 Å². The minimum absolute atomic E-state index is 0.142. The molecule has 0 aliphatic carbocycles. The van der Waals surface area contributed by atoms with E-state index in [1.807, 2.05) is 4.98 Å². The average Bonchev–Trinajstić information content (AvgIpc) is 3.24. The van der Waals surface area contributed by atoms with Crippen LogP contribution in [0.25, 0.3) is 0 Å². The lowest BCUT2D eigenvalue weighted by atomic mass is 10.1. The van der Waals surface area contributed by atoms with Crippen molar-refractivity contribution in [1.29, 1.82) is 0 Å². The predicted molar refractivity (Wildman–Crippen MR) is 93.6 cm³/mol. The molecule has 5 atom stereocenters. The van der Waals surface area contributed by atoms with Gasteiger partial charge in [-0.1, -0.05) is 0 Å². The maximum atomic E-state index is 15.7. The number of rotatable bonds is 4. The van der Waals surface area contributed by atoms with Crippen molar-refractivity contribution < 1.29 is 41.5 Å². The molecule has 164 valence electrons. The average molecular weight is 457 g/mol. The summed E-state index contributed by atoms with van der Waals surface area (Å²) in [5.41, 5.74) is -1.25. The molecule has 31 heavy (non-hydrogen) atoms. The largest absolute Gasteiger partial charge is 0.530 e. The Morgan fingerprint density at radius 3 is 2.97 bits per heavy atom. The third-order valence-corrected chi connectivity index (χ3v) is 6.05. The minimum Gasteiger partial charge on any atom is -0.422 e. The molecule has 0 spiro atoms. The molecule has 0 radical (unpaired) electrons. The number of aromatic amines is 1. The van der Waals surface area contributed by atoms with Crippen LogP contribution < -0.4 is 15.8 Å². The Hall–Kier alpha value is -3.06. The number of phosphoric ester groups is 1. The molecule has 2 aromatic heterocycles. The number of pyridine rings is 1. The second-order valence-corrected chi connectivity index (χ2v) is 8.31. The van der Waals surface area contributed by atoms with E-state index in [1.54, 1.807) is 0 Å². The standard InChI is InChI=1S/C16H13FN3O10P/c17-16(7-26-31(24)25-6-8-9(30-31)2-1-4-18-8)12-11(27-15(23)28-12)13(29-16)20-5-3-10(21)19-14(20)22/h1-5,11-13H,6-7H2,(H,19,21,22)/t11-,12+,13-,16-,31?/m1/s1. The summed E-state index contributed by atoms with van der Waals surface area (Å²) in [7, 11) is -4.26. The van der Waals surface area contributed by atoms with Crippen molar-refractivity contribution in [3.8, 4) is 5.75 Å². The number of aromatic nitrogens is 3. The molecule has 15 heteroatoms. The molecule has 5 heterocycles. The van der Waals surface area contributed by atoms with Crippen LogP contribution in [0.3, 0.4) is 0 Å². The van der Waals surface area contributed by atoms with Gasteiger partial charge in [-0.05, 0) is 12.1 Å². The van der Waals surface area contributed by atoms with Crippen molar-refractivity contribution in [1.82, 2.24) is 14.5 Å². The van der Waals surface area contributed by atoms with Crippen molar-refractivity contribution in [3.05, 3.63) is 57.1 Å². The number of phosphoric acid groups is 1. The molecule has 5 rings (SSSR count). The molecule has 2 saturated heterocycles. The van der Waals surface area contributed by atoms with Gasteiger partial charge in [0, 0.05) is 18.5 Å². The summed E-state index contributed by atoms with van der Waals surface area (Å²) in [4.78, 5) is 40.9. The van der Waals surface area contributed by atoms with Crippen LogP contribution in [-0.4, -0.2) is 45.4 Å². The van der Waals surface area contributed by atoms with Crippen LogP contribution in [-0.2, 0) is 34.4 Å². The first-order chi connectivity index (χ1) is 14.8. The Morgan fingerprint density at radius 1 is 1.32 bits per heavy atom. The Labute approximate surface area is 171 Å². The van der Waals surface area contributed by atoms with Crippen molar-refractivity contribution in [2.75, 3.05) is 6.61 Å². The number of ether oxygens (including phenoxy) is 3. The highest BCUT2D eigenvalue weighted by Crippen LogP contribution is 2.56. The van der Waals surface area contributed by atoms with Gasteiger partial charge in [0.2, 0.25) is 6.10 Å². The van der Waals surface area contributed by atoms with Gasteiger partial charge < -0.3 is 18.7 Å². The van der Waals surface area contributed by atoms with E-state index in [-0.39, 0.29) is 12.4 Å². The smallest absolute Gasteiger partial charge is 0.422 e. The van der Waals surface area contributed by atoms with Gasteiger partial charge in [-0.2, -0.15) is 0 Å². The number of nitrogens with one attached hydrogen (secondary N) is 1. The molecule has 2 aromatic rings. The summed E-state index contributed by atoms with van der Waals surface area (Å²) in [5.74, 6) is -2.74. The maximum absolute atomic E-state index is 15.7. The quantitative estimate of drug-likeness (QED) is 0.511. The molecule has 0 aromatic carbocycles. The highest BCUT2D eigenvalue weighted by atomic mass is 31.2. The van der Waals surface area contributed by atoms with Gasteiger partial charge in [-0.25, -0.2) is 18.5 Å². The summed E-state index contributed by atoms with van der Waals surface area (Å²) < 4.78 is 59.6. The van der Waals surface area contributed by atoms with E-state index in [4.69, 9.17) is 27.8 Å². The first kappa shape index (κ1) is 19.9. The van der Waals surface area contributed by atoms with E-state index in [0.717, 1.165) is 16.8 Å². The highest BCUT2D eigenvalue weighted by Gasteiger charge is 2.65. The van der Waals surface area contributed by atoms with Crippen LogP contribution in [0.1, 0.15) is 11.9 Å². The van der Waals surface area contributed by atoms with Crippen LogP contribution >= 0.6 is 7.82 Å². The second kappa shape index (κ2) is 6.99. The van der Waals surface area contributed by atoms with Crippen LogP contribution in [0.4, 0.5) is 9.18 Å². The second-order valence-electron chi connectivity index (χ2n) is 6.72. The lowest BCUT2D eigenvalue weighted by Crippen LogP contribution is -2.42. The van der Waals surface area contributed by atoms with E-state index in [9.17, 15) is 18.9 Å². The number of nitrogens with zero attached hydrogens (tertiary/aromatic N) is 2. The number of alkyl halides is 1. The zero-order valence-electron chi connectivity index (χ0n) is 15.3. The first-order valence-electron chi connectivity index (χ1n) is 8.84.